The Labute approximate surface area is 122 Å². The summed E-state index contributed by atoms with van der Waals surface area (Å²) in [6.45, 7) is 1.29. The number of benzene rings is 1. The highest BCUT2D eigenvalue weighted by atomic mass is 16.6. The van der Waals surface area contributed by atoms with Crippen LogP contribution in [0.15, 0.2) is 24.3 Å². The smallest absolute Gasteiger partial charge is 0.320 e. The van der Waals surface area contributed by atoms with Gasteiger partial charge in [-0.05, 0) is 12.5 Å². The van der Waals surface area contributed by atoms with Crippen LogP contribution in [-0.2, 0) is 19.1 Å². The maximum absolute atomic E-state index is 11.8. The number of hydrogen-bond donors (Lipinski definition) is 0. The summed E-state index contributed by atoms with van der Waals surface area (Å²) in [7, 11) is 2.24. The number of nitrogens with zero attached hydrogens (tertiary/aromatic N) is 1. The zero-order valence-corrected chi connectivity index (χ0v) is 12.1. The molecular weight excluding hydrogens is 278 g/mol. The largest absolute Gasteiger partial charge is 0.468 e. The molecule has 0 aromatic heterocycles. The first kappa shape index (κ1) is 16.6. The molecule has 0 spiro atoms. The lowest BCUT2D eigenvalue weighted by atomic mass is 9.85. The molecule has 0 aliphatic rings. The predicted molar refractivity (Wildman–Crippen MR) is 73.3 cm³/mol. The number of carbonyl (C=O) groups is 2. The summed E-state index contributed by atoms with van der Waals surface area (Å²) in [5, 5.41) is 10.9. The van der Waals surface area contributed by atoms with Crippen LogP contribution in [0.1, 0.15) is 17.0 Å². The molecule has 0 saturated carbocycles. The van der Waals surface area contributed by atoms with Crippen LogP contribution in [0.5, 0.6) is 0 Å². The Morgan fingerprint density at radius 3 is 2.00 bits per heavy atom. The first-order chi connectivity index (χ1) is 9.90. The van der Waals surface area contributed by atoms with Gasteiger partial charge in [-0.1, -0.05) is 29.8 Å². The van der Waals surface area contributed by atoms with Crippen molar-refractivity contribution in [2.45, 2.75) is 12.8 Å². The van der Waals surface area contributed by atoms with Gasteiger partial charge in [0, 0.05) is 4.92 Å². The third-order valence-electron chi connectivity index (χ3n) is 3.16. The topological polar surface area (TPSA) is 95.7 Å². The summed E-state index contributed by atoms with van der Waals surface area (Å²) >= 11 is 0. The van der Waals surface area contributed by atoms with Gasteiger partial charge in [-0.25, -0.2) is 0 Å². The van der Waals surface area contributed by atoms with E-state index in [2.05, 4.69) is 9.47 Å². The Bertz CT molecular complexity index is 509. The first-order valence-electron chi connectivity index (χ1n) is 6.24. The van der Waals surface area contributed by atoms with E-state index in [-0.39, 0.29) is 0 Å². The van der Waals surface area contributed by atoms with Crippen molar-refractivity contribution in [2.24, 2.45) is 5.92 Å². The lowest BCUT2D eigenvalue weighted by Crippen LogP contribution is -2.35. The lowest BCUT2D eigenvalue weighted by molar-refractivity contribution is -0.484. The van der Waals surface area contributed by atoms with E-state index in [4.69, 9.17) is 0 Å². The van der Waals surface area contributed by atoms with Gasteiger partial charge in [0.25, 0.3) is 0 Å². The van der Waals surface area contributed by atoms with Gasteiger partial charge in [0.1, 0.15) is 0 Å². The molecule has 0 aliphatic carbocycles. The summed E-state index contributed by atoms with van der Waals surface area (Å²) in [6.07, 6.45) is 0. The molecule has 1 rings (SSSR count). The van der Waals surface area contributed by atoms with Gasteiger partial charge in [-0.15, -0.1) is 0 Å². The van der Waals surface area contributed by atoms with Crippen LogP contribution in [-0.4, -0.2) is 37.6 Å². The van der Waals surface area contributed by atoms with Crippen molar-refractivity contribution in [1.82, 2.24) is 0 Å². The number of hydrogen-bond acceptors (Lipinski definition) is 6. The molecule has 1 aromatic carbocycles. The number of carbonyl (C=O) groups excluding carboxylic acids is 2. The molecule has 114 valence electrons. The van der Waals surface area contributed by atoms with Gasteiger partial charge in [0.15, 0.2) is 5.92 Å². The number of ether oxygens (including phenoxy) is 2. The van der Waals surface area contributed by atoms with Gasteiger partial charge in [0.2, 0.25) is 6.54 Å². The summed E-state index contributed by atoms with van der Waals surface area (Å²) in [6, 6.07) is 6.83. The van der Waals surface area contributed by atoms with Gasteiger partial charge in [0.05, 0.1) is 20.1 Å². The number of nitro groups is 1. The third kappa shape index (κ3) is 4.27. The maximum atomic E-state index is 11.8. The molecule has 7 heteroatoms. The van der Waals surface area contributed by atoms with Gasteiger partial charge in [-0.3, -0.25) is 19.7 Å². The molecule has 1 atom stereocenters. The van der Waals surface area contributed by atoms with Crippen LogP contribution >= 0.6 is 0 Å². The molecule has 0 unspecified atom stereocenters. The first-order valence-corrected chi connectivity index (χ1v) is 6.24. The standard InChI is InChI=1S/C14H17NO6/c1-9-4-6-10(7-5-9)11(8-15(18)19)12(13(16)20-2)14(17)21-3/h4-7,11-12H,8H2,1-3H3/t11-/m1/s1. The van der Waals surface area contributed by atoms with E-state index in [1.54, 1.807) is 24.3 Å². The average Bonchev–Trinajstić information content (AvgIpc) is 2.46. The number of esters is 2. The SMILES string of the molecule is COC(=O)C(C(=O)OC)[C@H](C[N+](=O)[O-])c1ccc(C)cc1. The monoisotopic (exact) mass is 295 g/mol. The Balaban J connectivity index is 3.25. The van der Waals surface area contributed by atoms with Gasteiger partial charge in [-0.2, -0.15) is 0 Å². The second-order valence-electron chi connectivity index (χ2n) is 4.56. The summed E-state index contributed by atoms with van der Waals surface area (Å²) in [5.41, 5.74) is 1.48. The van der Waals surface area contributed by atoms with Crippen molar-refractivity contribution >= 4 is 11.9 Å². The Kier molecular flexibility index (Phi) is 5.83. The van der Waals surface area contributed by atoms with Gasteiger partial charge >= 0.3 is 11.9 Å². The molecule has 0 saturated heterocycles. The minimum Gasteiger partial charge on any atom is -0.468 e. The molecule has 1 aromatic rings. The normalized spacial score (nSPS) is 11.8. The van der Waals surface area contributed by atoms with Crippen molar-refractivity contribution in [1.29, 1.82) is 0 Å². The second-order valence-corrected chi connectivity index (χ2v) is 4.56. The summed E-state index contributed by atoms with van der Waals surface area (Å²) in [5.74, 6) is -4.02. The third-order valence-corrected chi connectivity index (χ3v) is 3.16. The number of aryl methyl sites for hydroxylation is 1. The molecule has 0 fully saturated rings. The molecule has 0 N–H and O–H groups in total. The van der Waals surface area contributed by atoms with Crippen molar-refractivity contribution in [3.05, 3.63) is 45.5 Å². The van der Waals surface area contributed by atoms with E-state index >= 15 is 0 Å². The highest BCUT2D eigenvalue weighted by molar-refractivity contribution is 5.96. The van der Waals surface area contributed by atoms with Gasteiger partial charge < -0.3 is 9.47 Å². The fraction of sp³-hybridized carbons (Fsp3) is 0.429. The molecule has 0 aliphatic heterocycles. The van der Waals surface area contributed by atoms with Crippen molar-refractivity contribution in [3.8, 4) is 0 Å². The van der Waals surface area contributed by atoms with Crippen LogP contribution in [0.2, 0.25) is 0 Å². The zero-order valence-electron chi connectivity index (χ0n) is 12.1. The van der Waals surface area contributed by atoms with E-state index in [0.717, 1.165) is 19.8 Å². The van der Waals surface area contributed by atoms with Crippen molar-refractivity contribution in [2.75, 3.05) is 20.8 Å². The predicted octanol–water partition coefficient (Wildman–Crippen LogP) is 1.32. The minimum absolute atomic E-state index is 0.512. The fourth-order valence-electron chi connectivity index (χ4n) is 2.06. The quantitative estimate of drug-likeness (QED) is 0.340. The second kappa shape index (κ2) is 7.37. The van der Waals surface area contributed by atoms with E-state index in [1.807, 2.05) is 6.92 Å². The van der Waals surface area contributed by atoms with Crippen LogP contribution in [0.3, 0.4) is 0 Å². The van der Waals surface area contributed by atoms with Crippen LogP contribution < -0.4 is 0 Å². The lowest BCUT2D eigenvalue weighted by Gasteiger charge is -2.20. The summed E-state index contributed by atoms with van der Waals surface area (Å²) < 4.78 is 9.16. The fourth-order valence-corrected chi connectivity index (χ4v) is 2.06. The minimum atomic E-state index is -1.37. The molecule has 0 heterocycles. The highest BCUT2D eigenvalue weighted by Gasteiger charge is 2.40. The van der Waals surface area contributed by atoms with E-state index < -0.39 is 35.2 Å². The number of rotatable bonds is 6. The van der Waals surface area contributed by atoms with E-state index in [1.165, 1.54) is 0 Å². The zero-order chi connectivity index (χ0) is 16.0. The molecule has 21 heavy (non-hydrogen) atoms. The molecule has 7 nitrogen and oxygen atoms in total. The number of methoxy groups -OCH3 is 2. The molecule has 0 radical (unpaired) electrons. The van der Waals surface area contributed by atoms with Crippen molar-refractivity contribution < 1.29 is 24.0 Å². The van der Waals surface area contributed by atoms with Crippen LogP contribution in [0.4, 0.5) is 0 Å². The molecular formula is C14H17NO6. The molecule has 0 amide bonds. The van der Waals surface area contributed by atoms with Crippen LogP contribution in [0.25, 0.3) is 0 Å². The highest BCUT2D eigenvalue weighted by Crippen LogP contribution is 2.27. The Morgan fingerprint density at radius 2 is 1.62 bits per heavy atom. The van der Waals surface area contributed by atoms with E-state index in [0.29, 0.717) is 5.56 Å². The van der Waals surface area contributed by atoms with Crippen molar-refractivity contribution in [3.63, 3.8) is 0 Å². The van der Waals surface area contributed by atoms with Crippen LogP contribution in [0, 0.1) is 23.0 Å². The molecule has 0 bridgehead atoms. The average molecular weight is 295 g/mol. The maximum Gasteiger partial charge on any atom is 0.320 e. The Hall–Kier alpha value is -2.44. The summed E-state index contributed by atoms with van der Waals surface area (Å²) in [4.78, 5) is 34.0. The van der Waals surface area contributed by atoms with E-state index in [9.17, 15) is 19.7 Å². The Morgan fingerprint density at radius 1 is 1.14 bits per heavy atom.